The molecule has 20 heavy (non-hydrogen) atoms. The number of aryl methyl sites for hydroxylation is 1. The molecule has 1 saturated carbocycles. The molecule has 3 heteroatoms. The average molecular weight is 273 g/mol. The fraction of sp³-hybridized carbons (Fsp3) is 0.588. The van der Waals surface area contributed by atoms with Crippen molar-refractivity contribution in [3.63, 3.8) is 0 Å². The number of hydrogen-bond donors (Lipinski definition) is 1. The van der Waals surface area contributed by atoms with Crippen molar-refractivity contribution in [2.45, 2.75) is 39.0 Å². The Balaban J connectivity index is 1.72. The lowest BCUT2D eigenvalue weighted by Crippen LogP contribution is -2.44. The van der Waals surface area contributed by atoms with Crippen molar-refractivity contribution < 1.29 is 9.90 Å². The molecule has 0 spiro atoms. The summed E-state index contributed by atoms with van der Waals surface area (Å²) in [5.74, 6) is 1.93. The second-order valence-corrected chi connectivity index (χ2v) is 6.35. The Bertz CT molecular complexity index is 512. The first-order valence-electron chi connectivity index (χ1n) is 7.74. The highest BCUT2D eigenvalue weighted by atomic mass is 16.3. The summed E-state index contributed by atoms with van der Waals surface area (Å²) in [6.07, 6.45) is 6.48. The van der Waals surface area contributed by atoms with Crippen molar-refractivity contribution in [3.05, 3.63) is 29.3 Å². The standard InChI is InChI=1S/C17H23NO2/c1-12-10-14(6-7-16(12)19)17(20)18-9-8-13-4-2-3-5-15(13)11-18/h6-7,10,13,15,19H,2-5,8-9,11H2,1H3. The third-order valence-corrected chi connectivity index (χ3v) is 5.02. The largest absolute Gasteiger partial charge is 0.508 e. The maximum Gasteiger partial charge on any atom is 0.253 e. The molecule has 1 aromatic carbocycles. The van der Waals surface area contributed by atoms with Gasteiger partial charge in [0.05, 0.1) is 0 Å². The number of piperidine rings is 1. The number of aromatic hydroxyl groups is 1. The van der Waals surface area contributed by atoms with Crippen LogP contribution in [0.4, 0.5) is 0 Å². The maximum atomic E-state index is 12.6. The SMILES string of the molecule is Cc1cc(C(=O)N2CCC3CCCCC3C2)ccc1O. The van der Waals surface area contributed by atoms with Gasteiger partial charge in [-0.25, -0.2) is 0 Å². The van der Waals surface area contributed by atoms with E-state index < -0.39 is 0 Å². The molecule has 108 valence electrons. The Morgan fingerprint density at radius 3 is 2.70 bits per heavy atom. The number of amides is 1. The van der Waals surface area contributed by atoms with E-state index in [-0.39, 0.29) is 11.7 Å². The highest BCUT2D eigenvalue weighted by Crippen LogP contribution is 2.36. The summed E-state index contributed by atoms with van der Waals surface area (Å²) < 4.78 is 0. The van der Waals surface area contributed by atoms with Crippen LogP contribution < -0.4 is 0 Å². The smallest absolute Gasteiger partial charge is 0.253 e. The van der Waals surface area contributed by atoms with Crippen LogP contribution in [0.2, 0.25) is 0 Å². The van der Waals surface area contributed by atoms with Crippen LogP contribution in [-0.2, 0) is 0 Å². The molecule has 2 unspecified atom stereocenters. The molecule has 2 aliphatic rings. The van der Waals surface area contributed by atoms with Crippen molar-refractivity contribution >= 4 is 5.91 Å². The topological polar surface area (TPSA) is 40.5 Å². The number of phenolic OH excluding ortho intramolecular Hbond substituents is 1. The fourth-order valence-corrected chi connectivity index (χ4v) is 3.76. The number of carbonyl (C=O) groups excluding carboxylic acids is 1. The van der Waals surface area contributed by atoms with E-state index in [2.05, 4.69) is 0 Å². The van der Waals surface area contributed by atoms with Crippen LogP contribution in [0, 0.1) is 18.8 Å². The van der Waals surface area contributed by atoms with E-state index in [0.717, 1.165) is 31.0 Å². The molecular weight excluding hydrogens is 250 g/mol. The number of likely N-dealkylation sites (tertiary alicyclic amines) is 1. The van der Waals surface area contributed by atoms with Crippen LogP contribution in [0.3, 0.4) is 0 Å². The Kier molecular flexibility index (Phi) is 3.68. The van der Waals surface area contributed by atoms with Gasteiger partial charge in [-0.1, -0.05) is 19.3 Å². The zero-order valence-electron chi connectivity index (χ0n) is 12.1. The van der Waals surface area contributed by atoms with E-state index in [1.54, 1.807) is 18.2 Å². The molecule has 1 aliphatic carbocycles. The minimum absolute atomic E-state index is 0.122. The first-order valence-corrected chi connectivity index (χ1v) is 7.74. The molecule has 1 amide bonds. The lowest BCUT2D eigenvalue weighted by atomic mass is 9.75. The Morgan fingerprint density at radius 1 is 1.20 bits per heavy atom. The van der Waals surface area contributed by atoms with Crippen molar-refractivity contribution in [1.29, 1.82) is 0 Å². The van der Waals surface area contributed by atoms with E-state index in [0.29, 0.717) is 11.5 Å². The summed E-state index contributed by atoms with van der Waals surface area (Å²) in [6, 6.07) is 5.15. The minimum Gasteiger partial charge on any atom is -0.508 e. The molecule has 1 aliphatic heterocycles. The van der Waals surface area contributed by atoms with Gasteiger partial charge >= 0.3 is 0 Å². The molecule has 3 rings (SSSR count). The summed E-state index contributed by atoms with van der Waals surface area (Å²) in [4.78, 5) is 14.6. The minimum atomic E-state index is 0.122. The summed E-state index contributed by atoms with van der Waals surface area (Å²) >= 11 is 0. The number of carbonyl (C=O) groups is 1. The van der Waals surface area contributed by atoms with Gasteiger partial charge < -0.3 is 10.0 Å². The first-order chi connectivity index (χ1) is 9.65. The van der Waals surface area contributed by atoms with Crippen LogP contribution in [-0.4, -0.2) is 29.0 Å². The van der Waals surface area contributed by atoms with E-state index in [4.69, 9.17) is 0 Å². The van der Waals surface area contributed by atoms with Crippen LogP contribution in [0.25, 0.3) is 0 Å². The predicted molar refractivity (Wildman–Crippen MR) is 78.8 cm³/mol. The molecule has 1 heterocycles. The number of hydrogen-bond acceptors (Lipinski definition) is 2. The molecule has 1 aromatic rings. The Labute approximate surface area is 120 Å². The molecule has 1 saturated heterocycles. The van der Waals surface area contributed by atoms with Gasteiger partial charge in [0.1, 0.15) is 5.75 Å². The molecule has 0 aromatic heterocycles. The summed E-state index contributed by atoms with van der Waals surface area (Å²) in [6.45, 7) is 3.64. The molecule has 2 fully saturated rings. The van der Waals surface area contributed by atoms with Crippen LogP contribution in [0.15, 0.2) is 18.2 Å². The second-order valence-electron chi connectivity index (χ2n) is 6.35. The monoisotopic (exact) mass is 273 g/mol. The predicted octanol–water partition coefficient (Wildman–Crippen LogP) is 3.35. The highest BCUT2D eigenvalue weighted by Gasteiger charge is 2.33. The van der Waals surface area contributed by atoms with Gasteiger partial charge in [0.15, 0.2) is 0 Å². The summed E-state index contributed by atoms with van der Waals surface area (Å²) in [5, 5.41) is 9.57. The zero-order chi connectivity index (χ0) is 14.1. The molecular formula is C17H23NO2. The van der Waals surface area contributed by atoms with Crippen LogP contribution in [0.5, 0.6) is 5.75 Å². The number of nitrogens with zero attached hydrogens (tertiary/aromatic N) is 1. The second kappa shape index (κ2) is 5.47. The first kappa shape index (κ1) is 13.5. The summed E-state index contributed by atoms with van der Waals surface area (Å²) in [7, 11) is 0. The van der Waals surface area contributed by atoms with Gasteiger partial charge in [-0.05, 0) is 55.4 Å². The number of benzene rings is 1. The van der Waals surface area contributed by atoms with Crippen LogP contribution in [0.1, 0.15) is 48.0 Å². The van der Waals surface area contributed by atoms with E-state index in [9.17, 15) is 9.90 Å². The molecule has 3 nitrogen and oxygen atoms in total. The van der Waals surface area contributed by atoms with Gasteiger partial charge in [0.25, 0.3) is 5.91 Å². The van der Waals surface area contributed by atoms with Gasteiger partial charge in [-0.3, -0.25) is 4.79 Å². The molecule has 0 radical (unpaired) electrons. The third kappa shape index (κ3) is 2.54. The Morgan fingerprint density at radius 2 is 1.95 bits per heavy atom. The van der Waals surface area contributed by atoms with Gasteiger partial charge in [-0.15, -0.1) is 0 Å². The molecule has 2 atom stereocenters. The number of phenols is 1. The van der Waals surface area contributed by atoms with Gasteiger partial charge in [0.2, 0.25) is 0 Å². The van der Waals surface area contributed by atoms with E-state index >= 15 is 0 Å². The van der Waals surface area contributed by atoms with E-state index in [1.165, 1.54) is 25.7 Å². The maximum absolute atomic E-state index is 12.6. The van der Waals surface area contributed by atoms with E-state index in [1.807, 2.05) is 11.8 Å². The van der Waals surface area contributed by atoms with Crippen LogP contribution >= 0.6 is 0 Å². The fourth-order valence-electron chi connectivity index (χ4n) is 3.76. The average Bonchev–Trinajstić information content (AvgIpc) is 2.49. The van der Waals surface area contributed by atoms with Gasteiger partial charge in [0, 0.05) is 18.7 Å². The number of rotatable bonds is 1. The highest BCUT2D eigenvalue weighted by molar-refractivity contribution is 5.94. The van der Waals surface area contributed by atoms with Crippen molar-refractivity contribution in [1.82, 2.24) is 4.90 Å². The quantitative estimate of drug-likeness (QED) is 0.852. The number of fused-ring (bicyclic) bond motifs is 1. The molecule has 1 N–H and O–H groups in total. The van der Waals surface area contributed by atoms with Crippen molar-refractivity contribution in [2.75, 3.05) is 13.1 Å². The van der Waals surface area contributed by atoms with Gasteiger partial charge in [-0.2, -0.15) is 0 Å². The third-order valence-electron chi connectivity index (χ3n) is 5.02. The lowest BCUT2D eigenvalue weighted by Gasteiger charge is -2.41. The van der Waals surface area contributed by atoms with Crippen molar-refractivity contribution in [2.24, 2.45) is 11.8 Å². The lowest BCUT2D eigenvalue weighted by molar-refractivity contribution is 0.0521. The normalized spacial score (nSPS) is 26.1. The van der Waals surface area contributed by atoms with Crippen molar-refractivity contribution in [3.8, 4) is 5.75 Å². The molecule has 0 bridgehead atoms. The summed E-state index contributed by atoms with van der Waals surface area (Å²) in [5.41, 5.74) is 1.47. The Hall–Kier alpha value is -1.51. The zero-order valence-corrected chi connectivity index (χ0v) is 12.1.